The van der Waals surface area contributed by atoms with Crippen molar-refractivity contribution in [1.29, 1.82) is 0 Å². The van der Waals surface area contributed by atoms with Gasteiger partial charge in [0.2, 0.25) is 5.88 Å². The van der Waals surface area contributed by atoms with Crippen molar-refractivity contribution in [3.63, 3.8) is 0 Å². The Labute approximate surface area is 112 Å². The van der Waals surface area contributed by atoms with Crippen molar-refractivity contribution < 1.29 is 9.21 Å². The molecule has 0 saturated heterocycles. The minimum Gasteiger partial charge on any atom is -0.449 e. The van der Waals surface area contributed by atoms with Crippen molar-refractivity contribution in [3.8, 4) is 0 Å². The second kappa shape index (κ2) is 5.61. The molecule has 1 heterocycles. The van der Waals surface area contributed by atoms with Crippen LogP contribution in [-0.4, -0.2) is 6.03 Å². The van der Waals surface area contributed by atoms with Gasteiger partial charge in [-0.2, -0.15) is 0 Å². The number of rotatable bonds is 3. The van der Waals surface area contributed by atoms with Gasteiger partial charge in [0.1, 0.15) is 0 Å². The maximum atomic E-state index is 11.9. The highest BCUT2D eigenvalue weighted by Crippen LogP contribution is 2.27. The van der Waals surface area contributed by atoms with Crippen LogP contribution in [0.15, 0.2) is 41.0 Å². The quantitative estimate of drug-likeness (QED) is 0.859. The van der Waals surface area contributed by atoms with E-state index in [1.807, 2.05) is 25.1 Å². The standard InChI is InChI=1S/C15H18N2O2/c1-10(2)12-7-4-6-11(3)14(12)17-15(18)16-13-8-5-9-19-13/h4-10H,1-3H3,(H2,16,17,18). The highest BCUT2D eigenvalue weighted by atomic mass is 16.3. The zero-order valence-electron chi connectivity index (χ0n) is 11.4. The summed E-state index contributed by atoms with van der Waals surface area (Å²) in [4.78, 5) is 11.9. The minimum atomic E-state index is -0.300. The highest BCUT2D eigenvalue weighted by molar-refractivity contribution is 6.00. The van der Waals surface area contributed by atoms with Crippen LogP contribution in [0.25, 0.3) is 0 Å². The molecule has 2 rings (SSSR count). The van der Waals surface area contributed by atoms with Gasteiger partial charge in [-0.05, 0) is 30.0 Å². The van der Waals surface area contributed by atoms with Gasteiger partial charge in [0.05, 0.1) is 6.26 Å². The van der Waals surface area contributed by atoms with Gasteiger partial charge >= 0.3 is 6.03 Å². The summed E-state index contributed by atoms with van der Waals surface area (Å²) in [5, 5.41) is 5.54. The van der Waals surface area contributed by atoms with Crippen molar-refractivity contribution >= 4 is 17.6 Å². The molecule has 0 saturated carbocycles. The van der Waals surface area contributed by atoms with Crippen LogP contribution in [0.3, 0.4) is 0 Å². The van der Waals surface area contributed by atoms with Gasteiger partial charge in [-0.15, -0.1) is 0 Å². The number of hydrogen-bond acceptors (Lipinski definition) is 2. The van der Waals surface area contributed by atoms with Crippen LogP contribution in [0.1, 0.15) is 30.9 Å². The maximum Gasteiger partial charge on any atom is 0.326 e. The summed E-state index contributed by atoms with van der Waals surface area (Å²) >= 11 is 0. The number of anilines is 2. The first kappa shape index (κ1) is 13.2. The Bertz CT molecular complexity index is 560. The van der Waals surface area contributed by atoms with Crippen LogP contribution < -0.4 is 10.6 Å². The van der Waals surface area contributed by atoms with Crippen LogP contribution in [0.5, 0.6) is 0 Å². The third-order valence-electron chi connectivity index (χ3n) is 2.92. The van der Waals surface area contributed by atoms with E-state index in [1.54, 1.807) is 12.1 Å². The van der Waals surface area contributed by atoms with Gasteiger partial charge in [-0.3, -0.25) is 5.32 Å². The molecule has 2 N–H and O–H groups in total. The highest BCUT2D eigenvalue weighted by Gasteiger charge is 2.12. The van der Waals surface area contributed by atoms with Crippen molar-refractivity contribution in [2.75, 3.05) is 10.6 Å². The molecule has 0 aliphatic heterocycles. The van der Waals surface area contributed by atoms with Crippen molar-refractivity contribution in [2.24, 2.45) is 0 Å². The number of furan rings is 1. The van der Waals surface area contributed by atoms with Crippen molar-refractivity contribution in [2.45, 2.75) is 26.7 Å². The van der Waals surface area contributed by atoms with E-state index < -0.39 is 0 Å². The Hall–Kier alpha value is -2.23. The molecule has 1 aromatic carbocycles. The maximum absolute atomic E-state index is 11.9. The summed E-state index contributed by atoms with van der Waals surface area (Å²) in [6, 6.07) is 9.13. The Morgan fingerprint density at radius 1 is 1.16 bits per heavy atom. The van der Waals surface area contributed by atoms with Crippen LogP contribution in [0.2, 0.25) is 0 Å². The SMILES string of the molecule is Cc1cccc(C(C)C)c1NC(=O)Nc1ccco1. The van der Waals surface area contributed by atoms with Crippen molar-refractivity contribution in [3.05, 3.63) is 47.7 Å². The van der Waals surface area contributed by atoms with Crippen LogP contribution >= 0.6 is 0 Å². The predicted molar refractivity (Wildman–Crippen MR) is 76.6 cm³/mol. The van der Waals surface area contributed by atoms with E-state index in [1.165, 1.54) is 6.26 Å². The number of amides is 2. The first-order valence-electron chi connectivity index (χ1n) is 6.29. The molecule has 0 aliphatic rings. The molecular formula is C15H18N2O2. The van der Waals surface area contributed by atoms with Gasteiger partial charge in [0.25, 0.3) is 0 Å². The molecule has 100 valence electrons. The normalized spacial score (nSPS) is 10.5. The molecule has 0 radical (unpaired) electrons. The van der Waals surface area contributed by atoms with Crippen LogP contribution in [-0.2, 0) is 0 Å². The van der Waals surface area contributed by atoms with Gasteiger partial charge in [0, 0.05) is 11.8 Å². The number of hydrogen-bond donors (Lipinski definition) is 2. The van der Waals surface area contributed by atoms with Gasteiger partial charge < -0.3 is 9.73 Å². The predicted octanol–water partition coefficient (Wildman–Crippen LogP) is 4.36. The molecule has 4 heteroatoms. The largest absolute Gasteiger partial charge is 0.449 e. The molecule has 2 amide bonds. The average molecular weight is 258 g/mol. The lowest BCUT2D eigenvalue weighted by atomic mass is 9.98. The van der Waals surface area contributed by atoms with Gasteiger partial charge in [-0.25, -0.2) is 4.79 Å². The van der Waals surface area contributed by atoms with E-state index >= 15 is 0 Å². The number of nitrogens with one attached hydrogen (secondary N) is 2. The fourth-order valence-electron chi connectivity index (χ4n) is 1.95. The lowest BCUT2D eigenvalue weighted by Gasteiger charge is -2.16. The molecule has 0 unspecified atom stereocenters. The fourth-order valence-corrected chi connectivity index (χ4v) is 1.95. The Balaban J connectivity index is 2.16. The van der Waals surface area contributed by atoms with E-state index in [0.29, 0.717) is 11.8 Å². The molecule has 2 aromatic rings. The van der Waals surface area contributed by atoms with Gasteiger partial charge in [-0.1, -0.05) is 32.0 Å². The number of aryl methyl sites for hydroxylation is 1. The monoisotopic (exact) mass is 258 g/mol. The summed E-state index contributed by atoms with van der Waals surface area (Å²) in [7, 11) is 0. The summed E-state index contributed by atoms with van der Waals surface area (Å²) in [6.45, 7) is 6.18. The molecule has 0 aliphatic carbocycles. The number of para-hydroxylation sites is 1. The van der Waals surface area contributed by atoms with E-state index in [0.717, 1.165) is 16.8 Å². The molecule has 4 nitrogen and oxygen atoms in total. The van der Waals surface area contributed by atoms with E-state index in [-0.39, 0.29) is 6.03 Å². The third-order valence-corrected chi connectivity index (χ3v) is 2.92. The lowest BCUT2D eigenvalue weighted by molar-refractivity contribution is 0.261. The molecule has 0 bridgehead atoms. The smallest absolute Gasteiger partial charge is 0.326 e. The molecule has 0 atom stereocenters. The molecule has 1 aromatic heterocycles. The number of carbonyl (C=O) groups excluding carboxylic acids is 1. The molecule has 0 spiro atoms. The molecule has 19 heavy (non-hydrogen) atoms. The Morgan fingerprint density at radius 2 is 1.95 bits per heavy atom. The first-order chi connectivity index (χ1) is 9.08. The zero-order chi connectivity index (χ0) is 13.8. The zero-order valence-corrected chi connectivity index (χ0v) is 11.4. The number of carbonyl (C=O) groups is 1. The first-order valence-corrected chi connectivity index (χ1v) is 6.29. The topological polar surface area (TPSA) is 54.3 Å². The van der Waals surface area contributed by atoms with Crippen LogP contribution in [0.4, 0.5) is 16.4 Å². The van der Waals surface area contributed by atoms with Gasteiger partial charge in [0.15, 0.2) is 0 Å². The van der Waals surface area contributed by atoms with Crippen LogP contribution in [0, 0.1) is 6.92 Å². The third kappa shape index (κ3) is 3.16. The number of urea groups is 1. The van der Waals surface area contributed by atoms with Crippen molar-refractivity contribution in [1.82, 2.24) is 0 Å². The fraction of sp³-hybridized carbons (Fsp3) is 0.267. The second-order valence-electron chi connectivity index (χ2n) is 4.75. The summed E-state index contributed by atoms with van der Waals surface area (Å²) in [5.41, 5.74) is 3.02. The molecular weight excluding hydrogens is 240 g/mol. The van der Waals surface area contributed by atoms with E-state index in [9.17, 15) is 4.79 Å². The number of benzene rings is 1. The second-order valence-corrected chi connectivity index (χ2v) is 4.75. The Kier molecular flexibility index (Phi) is 3.90. The lowest BCUT2D eigenvalue weighted by Crippen LogP contribution is -2.20. The minimum absolute atomic E-state index is 0.300. The molecule has 0 fully saturated rings. The average Bonchev–Trinajstić information content (AvgIpc) is 2.84. The summed E-state index contributed by atoms with van der Waals surface area (Å²) in [5.74, 6) is 0.774. The summed E-state index contributed by atoms with van der Waals surface area (Å²) in [6.07, 6.45) is 1.52. The van der Waals surface area contributed by atoms with E-state index in [2.05, 4.69) is 24.5 Å². The van der Waals surface area contributed by atoms with E-state index in [4.69, 9.17) is 4.42 Å². The summed E-state index contributed by atoms with van der Waals surface area (Å²) < 4.78 is 5.08. The Morgan fingerprint density at radius 3 is 2.58 bits per heavy atom.